The summed E-state index contributed by atoms with van der Waals surface area (Å²) in [5.74, 6) is -0.162. The summed E-state index contributed by atoms with van der Waals surface area (Å²) in [4.78, 5) is 12.3. The van der Waals surface area contributed by atoms with Crippen LogP contribution in [0.3, 0.4) is 0 Å². The number of nitrogens with one attached hydrogen (secondary N) is 1. The molecule has 0 spiro atoms. The van der Waals surface area contributed by atoms with Crippen molar-refractivity contribution in [2.75, 3.05) is 13.2 Å². The molecule has 0 aliphatic carbocycles. The molecule has 1 aromatic rings. The Labute approximate surface area is 134 Å². The maximum absolute atomic E-state index is 12.3. The van der Waals surface area contributed by atoms with E-state index in [0.29, 0.717) is 6.61 Å². The van der Waals surface area contributed by atoms with Crippen LogP contribution >= 0.6 is 28.3 Å². The lowest BCUT2D eigenvalue weighted by Crippen LogP contribution is -2.53. The highest BCUT2D eigenvalue weighted by Gasteiger charge is 2.32. The van der Waals surface area contributed by atoms with Crippen LogP contribution in [0.2, 0.25) is 0 Å². The number of carbonyl (C=O) groups is 1. The lowest BCUT2D eigenvalue weighted by atomic mass is 9.91. The molecule has 0 bridgehead atoms. The number of hydrogen-bond acceptors (Lipinski definition) is 3. The highest BCUT2D eigenvalue weighted by Crippen LogP contribution is 2.21. The first-order chi connectivity index (χ1) is 9.00. The van der Waals surface area contributed by atoms with Crippen molar-refractivity contribution in [3.05, 3.63) is 34.3 Å². The van der Waals surface area contributed by atoms with Crippen molar-refractivity contribution in [2.24, 2.45) is 5.73 Å². The Morgan fingerprint density at radius 2 is 2.10 bits per heavy atom. The summed E-state index contributed by atoms with van der Waals surface area (Å²) in [6, 6.07) is 7.57. The third kappa shape index (κ3) is 4.19. The molecule has 0 aromatic heterocycles. The van der Waals surface area contributed by atoms with Gasteiger partial charge in [0.1, 0.15) is 5.54 Å². The predicted molar refractivity (Wildman–Crippen MR) is 84.9 cm³/mol. The Hall–Kier alpha value is -0.620. The largest absolute Gasteiger partial charge is 0.379 e. The topological polar surface area (TPSA) is 64.4 Å². The second kappa shape index (κ2) is 7.41. The van der Waals surface area contributed by atoms with Gasteiger partial charge in [0.2, 0.25) is 5.91 Å². The maximum atomic E-state index is 12.3. The van der Waals surface area contributed by atoms with E-state index in [9.17, 15) is 4.79 Å². The van der Waals surface area contributed by atoms with E-state index in [2.05, 4.69) is 21.2 Å². The van der Waals surface area contributed by atoms with Crippen molar-refractivity contribution in [1.29, 1.82) is 0 Å². The normalized spacial score (nSPS) is 21.4. The molecular formula is C14H20BrClN2O2. The summed E-state index contributed by atoms with van der Waals surface area (Å²) in [7, 11) is 0. The van der Waals surface area contributed by atoms with Gasteiger partial charge >= 0.3 is 0 Å². The van der Waals surface area contributed by atoms with Crippen LogP contribution in [0.15, 0.2) is 28.7 Å². The zero-order chi connectivity index (χ0) is 13.9. The zero-order valence-electron chi connectivity index (χ0n) is 11.4. The molecule has 4 nitrogen and oxygen atoms in total. The molecule has 1 saturated heterocycles. The fourth-order valence-electron chi connectivity index (χ4n) is 2.12. The molecule has 2 unspecified atom stereocenters. The monoisotopic (exact) mass is 362 g/mol. The van der Waals surface area contributed by atoms with Crippen molar-refractivity contribution in [3.8, 4) is 0 Å². The van der Waals surface area contributed by atoms with E-state index in [1.54, 1.807) is 6.92 Å². The summed E-state index contributed by atoms with van der Waals surface area (Å²) in [6.07, 6.45) is 1.92. The smallest absolute Gasteiger partial charge is 0.244 e. The zero-order valence-corrected chi connectivity index (χ0v) is 13.8. The Morgan fingerprint density at radius 1 is 1.45 bits per heavy atom. The first-order valence-electron chi connectivity index (χ1n) is 6.44. The second-order valence-electron chi connectivity index (χ2n) is 5.10. The number of halogens is 2. The first-order valence-corrected chi connectivity index (χ1v) is 7.23. The summed E-state index contributed by atoms with van der Waals surface area (Å²) < 4.78 is 6.32. The second-order valence-corrected chi connectivity index (χ2v) is 6.01. The molecule has 1 fully saturated rings. The van der Waals surface area contributed by atoms with Crippen LogP contribution in [-0.4, -0.2) is 25.2 Å². The molecule has 1 aliphatic heterocycles. The van der Waals surface area contributed by atoms with E-state index in [1.807, 2.05) is 24.3 Å². The summed E-state index contributed by atoms with van der Waals surface area (Å²) in [5, 5.41) is 2.97. The van der Waals surface area contributed by atoms with E-state index in [-0.39, 0.29) is 24.4 Å². The third-order valence-corrected chi connectivity index (χ3v) is 3.94. The molecule has 2 rings (SSSR count). The van der Waals surface area contributed by atoms with Gasteiger partial charge in [0.25, 0.3) is 0 Å². The molecule has 1 aliphatic rings. The average molecular weight is 364 g/mol. The molecule has 1 aromatic carbocycles. The highest BCUT2D eigenvalue weighted by molar-refractivity contribution is 9.10. The van der Waals surface area contributed by atoms with E-state index in [4.69, 9.17) is 10.5 Å². The maximum Gasteiger partial charge on any atom is 0.244 e. The van der Waals surface area contributed by atoms with Crippen molar-refractivity contribution >= 4 is 34.2 Å². The number of nitrogens with two attached hydrogens (primary N) is 1. The third-order valence-electron chi connectivity index (χ3n) is 3.41. The molecule has 112 valence electrons. The minimum Gasteiger partial charge on any atom is -0.379 e. The Morgan fingerprint density at radius 3 is 2.65 bits per heavy atom. The van der Waals surface area contributed by atoms with Crippen LogP contribution in [0.4, 0.5) is 0 Å². The van der Waals surface area contributed by atoms with Crippen LogP contribution in [-0.2, 0) is 15.1 Å². The van der Waals surface area contributed by atoms with Gasteiger partial charge in [0, 0.05) is 11.1 Å². The number of hydrogen-bond donors (Lipinski definition) is 2. The lowest BCUT2D eigenvalue weighted by molar-refractivity contribution is -0.127. The summed E-state index contributed by atoms with van der Waals surface area (Å²) in [6.45, 7) is 3.08. The van der Waals surface area contributed by atoms with Gasteiger partial charge in [0.15, 0.2) is 0 Å². The first kappa shape index (κ1) is 17.4. The molecule has 0 saturated carbocycles. The minimum atomic E-state index is -1.03. The van der Waals surface area contributed by atoms with E-state index in [0.717, 1.165) is 29.5 Å². The molecule has 20 heavy (non-hydrogen) atoms. The van der Waals surface area contributed by atoms with Gasteiger partial charge in [-0.2, -0.15) is 0 Å². The quantitative estimate of drug-likeness (QED) is 0.866. The fraction of sp³-hybridized carbons (Fsp3) is 0.500. The van der Waals surface area contributed by atoms with E-state index in [1.165, 1.54) is 0 Å². The minimum absolute atomic E-state index is 0. The van der Waals surface area contributed by atoms with Gasteiger partial charge in [0.05, 0.1) is 12.6 Å². The standard InChI is InChI=1S/C14H19BrN2O2.ClH/c1-14(16,10-4-6-11(15)7-5-10)13(18)17-12-3-2-8-19-9-12;/h4-7,12H,2-3,8-9,16H2,1H3,(H,17,18);1H. The molecule has 1 amide bonds. The average Bonchev–Trinajstić information content (AvgIpc) is 2.40. The van der Waals surface area contributed by atoms with Gasteiger partial charge < -0.3 is 15.8 Å². The van der Waals surface area contributed by atoms with Crippen molar-refractivity contribution < 1.29 is 9.53 Å². The molecule has 2 atom stereocenters. The molecule has 1 heterocycles. The lowest BCUT2D eigenvalue weighted by Gasteiger charge is -2.29. The van der Waals surface area contributed by atoms with Gasteiger partial charge in [-0.25, -0.2) is 0 Å². The van der Waals surface area contributed by atoms with Crippen LogP contribution in [0.25, 0.3) is 0 Å². The van der Waals surface area contributed by atoms with Crippen molar-refractivity contribution in [1.82, 2.24) is 5.32 Å². The predicted octanol–water partition coefficient (Wildman–Crippen LogP) is 2.34. The van der Waals surface area contributed by atoms with Crippen molar-refractivity contribution in [3.63, 3.8) is 0 Å². The van der Waals surface area contributed by atoms with Crippen LogP contribution in [0, 0.1) is 0 Å². The number of rotatable bonds is 3. The van der Waals surface area contributed by atoms with Gasteiger partial charge in [-0.15, -0.1) is 12.4 Å². The van der Waals surface area contributed by atoms with E-state index >= 15 is 0 Å². The number of benzene rings is 1. The van der Waals surface area contributed by atoms with Crippen LogP contribution in [0.5, 0.6) is 0 Å². The van der Waals surface area contributed by atoms with Crippen molar-refractivity contribution in [2.45, 2.75) is 31.3 Å². The Bertz CT molecular complexity index is 445. The van der Waals surface area contributed by atoms with Gasteiger partial charge in [-0.3, -0.25) is 4.79 Å². The summed E-state index contributed by atoms with van der Waals surface area (Å²) >= 11 is 3.37. The Kier molecular flexibility index (Phi) is 6.45. The molecule has 0 radical (unpaired) electrons. The number of ether oxygens (including phenoxy) is 1. The van der Waals surface area contributed by atoms with E-state index < -0.39 is 5.54 Å². The SMILES string of the molecule is CC(N)(C(=O)NC1CCCOC1)c1ccc(Br)cc1.Cl. The molecule has 6 heteroatoms. The highest BCUT2D eigenvalue weighted by atomic mass is 79.9. The fourth-order valence-corrected chi connectivity index (χ4v) is 2.38. The van der Waals surface area contributed by atoms with Crippen LogP contribution in [0.1, 0.15) is 25.3 Å². The molecule has 3 N–H and O–H groups in total. The Balaban J connectivity index is 0.00000200. The number of amides is 1. The van der Waals surface area contributed by atoms with Crippen LogP contribution < -0.4 is 11.1 Å². The molecular weight excluding hydrogens is 344 g/mol. The summed E-state index contributed by atoms with van der Waals surface area (Å²) in [5.41, 5.74) is 5.95. The number of carbonyl (C=O) groups excluding carboxylic acids is 1. The van der Waals surface area contributed by atoms with Gasteiger partial charge in [-0.05, 0) is 37.5 Å². The van der Waals surface area contributed by atoms with Gasteiger partial charge in [-0.1, -0.05) is 28.1 Å².